The lowest BCUT2D eigenvalue weighted by atomic mass is 9.86. The molecule has 0 spiro atoms. The third-order valence-electron chi connectivity index (χ3n) is 5.95. The standard InChI is InChI=1S/C26H31F3N2O/c1-3-5-6-7-14-30-24(32)16-22(19-11-8-12-20(15-19)26(27,28)29)23-17-31-25-18(4-2)10-9-13-21(23)25/h8-13,15,17,22,31H,3-7,14,16H2,1-2H3,(H,30,32). The Labute approximate surface area is 187 Å². The number of hydrogen-bond donors (Lipinski definition) is 2. The number of aromatic nitrogens is 1. The van der Waals surface area contributed by atoms with Gasteiger partial charge in [-0.05, 0) is 35.6 Å². The third kappa shape index (κ3) is 5.72. The van der Waals surface area contributed by atoms with E-state index in [1.54, 1.807) is 6.07 Å². The Hall–Kier alpha value is -2.76. The van der Waals surface area contributed by atoms with Crippen LogP contribution in [0.3, 0.4) is 0 Å². The van der Waals surface area contributed by atoms with Gasteiger partial charge in [-0.25, -0.2) is 0 Å². The number of amides is 1. The molecule has 2 aromatic carbocycles. The van der Waals surface area contributed by atoms with Crippen LogP contribution in [0.4, 0.5) is 13.2 Å². The van der Waals surface area contributed by atoms with E-state index in [4.69, 9.17) is 0 Å². The van der Waals surface area contributed by atoms with Crippen molar-refractivity contribution >= 4 is 16.8 Å². The Kier molecular flexibility index (Phi) is 7.99. The Morgan fingerprint density at radius 1 is 1.06 bits per heavy atom. The van der Waals surface area contributed by atoms with Gasteiger partial charge in [0.15, 0.2) is 0 Å². The smallest absolute Gasteiger partial charge is 0.361 e. The predicted molar refractivity (Wildman–Crippen MR) is 123 cm³/mol. The molecule has 3 nitrogen and oxygen atoms in total. The molecule has 3 rings (SSSR count). The topological polar surface area (TPSA) is 44.9 Å². The number of carbonyl (C=O) groups excluding carboxylic acids is 1. The monoisotopic (exact) mass is 444 g/mol. The average molecular weight is 445 g/mol. The van der Waals surface area contributed by atoms with Crippen LogP contribution in [0, 0.1) is 0 Å². The van der Waals surface area contributed by atoms with E-state index in [9.17, 15) is 18.0 Å². The number of unbranched alkanes of at least 4 members (excludes halogenated alkanes) is 3. The van der Waals surface area contributed by atoms with E-state index in [-0.39, 0.29) is 12.3 Å². The molecule has 0 fully saturated rings. The van der Waals surface area contributed by atoms with Crippen molar-refractivity contribution in [2.75, 3.05) is 6.54 Å². The molecule has 1 aromatic heterocycles. The summed E-state index contributed by atoms with van der Waals surface area (Å²) in [5.74, 6) is -0.626. The van der Waals surface area contributed by atoms with Crippen molar-refractivity contribution in [1.82, 2.24) is 10.3 Å². The Balaban J connectivity index is 1.93. The molecule has 0 aliphatic heterocycles. The highest BCUT2D eigenvalue weighted by Crippen LogP contribution is 2.37. The van der Waals surface area contributed by atoms with E-state index >= 15 is 0 Å². The van der Waals surface area contributed by atoms with E-state index < -0.39 is 17.7 Å². The maximum atomic E-state index is 13.4. The SMILES string of the molecule is CCCCCCNC(=O)CC(c1cccc(C(F)(F)F)c1)c1c[nH]c2c(CC)cccc12. The lowest BCUT2D eigenvalue weighted by molar-refractivity contribution is -0.137. The lowest BCUT2D eigenvalue weighted by Crippen LogP contribution is -2.26. The molecule has 1 atom stereocenters. The maximum absolute atomic E-state index is 13.4. The average Bonchev–Trinajstić information content (AvgIpc) is 3.21. The van der Waals surface area contributed by atoms with Gasteiger partial charge in [0.05, 0.1) is 5.56 Å². The van der Waals surface area contributed by atoms with E-state index in [2.05, 4.69) is 24.1 Å². The fourth-order valence-corrected chi connectivity index (χ4v) is 4.20. The van der Waals surface area contributed by atoms with Crippen LogP contribution in [0.1, 0.15) is 74.1 Å². The van der Waals surface area contributed by atoms with Crippen LogP contribution in [0.25, 0.3) is 10.9 Å². The second-order valence-electron chi connectivity index (χ2n) is 8.23. The minimum atomic E-state index is -4.43. The van der Waals surface area contributed by atoms with Crippen LogP contribution in [0.15, 0.2) is 48.7 Å². The first kappa shape index (κ1) is 23.9. The summed E-state index contributed by atoms with van der Waals surface area (Å²) in [7, 11) is 0. The second-order valence-corrected chi connectivity index (χ2v) is 8.23. The zero-order valence-corrected chi connectivity index (χ0v) is 18.7. The van der Waals surface area contributed by atoms with Crippen molar-refractivity contribution in [3.05, 3.63) is 70.9 Å². The fraction of sp³-hybridized carbons (Fsp3) is 0.423. The van der Waals surface area contributed by atoms with Crippen LogP contribution >= 0.6 is 0 Å². The first-order valence-corrected chi connectivity index (χ1v) is 11.4. The van der Waals surface area contributed by atoms with Crippen molar-refractivity contribution in [2.24, 2.45) is 0 Å². The van der Waals surface area contributed by atoms with Gasteiger partial charge in [0, 0.05) is 36.0 Å². The molecular formula is C26H31F3N2O. The number of halogens is 3. The van der Waals surface area contributed by atoms with Gasteiger partial charge in [0.1, 0.15) is 0 Å². The number of aryl methyl sites for hydroxylation is 1. The summed E-state index contributed by atoms with van der Waals surface area (Å²) in [6.45, 7) is 4.77. The van der Waals surface area contributed by atoms with Gasteiger partial charge in [-0.1, -0.05) is 69.5 Å². The first-order valence-electron chi connectivity index (χ1n) is 11.4. The highest BCUT2D eigenvalue weighted by molar-refractivity contribution is 5.88. The van der Waals surface area contributed by atoms with Crippen LogP contribution in [-0.2, 0) is 17.4 Å². The van der Waals surface area contributed by atoms with Gasteiger partial charge in [-0.15, -0.1) is 0 Å². The van der Waals surface area contributed by atoms with Gasteiger partial charge < -0.3 is 10.3 Å². The molecule has 0 saturated heterocycles. The number of benzene rings is 2. The number of nitrogens with one attached hydrogen (secondary N) is 2. The second kappa shape index (κ2) is 10.7. The molecule has 2 N–H and O–H groups in total. The molecule has 1 unspecified atom stereocenters. The van der Waals surface area contributed by atoms with Crippen LogP contribution in [0.2, 0.25) is 0 Å². The van der Waals surface area contributed by atoms with E-state index in [0.717, 1.165) is 60.2 Å². The quantitative estimate of drug-likeness (QED) is 0.326. The van der Waals surface area contributed by atoms with Crippen LogP contribution < -0.4 is 5.32 Å². The number of para-hydroxylation sites is 1. The Bertz CT molecular complexity index is 1040. The third-order valence-corrected chi connectivity index (χ3v) is 5.95. The largest absolute Gasteiger partial charge is 0.416 e. The predicted octanol–water partition coefficient (Wildman–Crippen LogP) is 6.97. The number of aromatic amines is 1. The van der Waals surface area contributed by atoms with Gasteiger partial charge in [0.25, 0.3) is 0 Å². The van der Waals surface area contributed by atoms with Crippen molar-refractivity contribution in [1.29, 1.82) is 0 Å². The summed E-state index contributed by atoms with van der Waals surface area (Å²) < 4.78 is 40.1. The molecule has 1 heterocycles. The highest BCUT2D eigenvalue weighted by Gasteiger charge is 2.32. The first-order chi connectivity index (χ1) is 15.3. The maximum Gasteiger partial charge on any atom is 0.416 e. The normalized spacial score (nSPS) is 12.8. The van der Waals surface area contributed by atoms with Crippen molar-refractivity contribution in [3.63, 3.8) is 0 Å². The van der Waals surface area contributed by atoms with Crippen molar-refractivity contribution in [3.8, 4) is 0 Å². The van der Waals surface area contributed by atoms with Gasteiger partial charge in [-0.2, -0.15) is 13.2 Å². The molecule has 0 bridgehead atoms. The lowest BCUT2D eigenvalue weighted by Gasteiger charge is -2.19. The fourth-order valence-electron chi connectivity index (χ4n) is 4.20. The Morgan fingerprint density at radius 2 is 1.84 bits per heavy atom. The molecule has 0 aliphatic carbocycles. The van der Waals surface area contributed by atoms with Gasteiger partial charge in [-0.3, -0.25) is 4.79 Å². The van der Waals surface area contributed by atoms with E-state index in [1.807, 2.05) is 24.4 Å². The summed E-state index contributed by atoms with van der Waals surface area (Å²) in [6, 6.07) is 11.3. The Morgan fingerprint density at radius 3 is 2.56 bits per heavy atom. The van der Waals surface area contributed by atoms with E-state index in [0.29, 0.717) is 12.1 Å². The summed E-state index contributed by atoms with van der Waals surface area (Å²) in [4.78, 5) is 16.0. The molecule has 0 radical (unpaired) electrons. The molecule has 0 aliphatic rings. The van der Waals surface area contributed by atoms with E-state index in [1.165, 1.54) is 12.1 Å². The van der Waals surface area contributed by atoms with Crippen LogP contribution in [-0.4, -0.2) is 17.4 Å². The molecule has 1 amide bonds. The molecular weight excluding hydrogens is 413 g/mol. The zero-order chi connectivity index (χ0) is 23.1. The molecule has 0 saturated carbocycles. The molecule has 3 aromatic rings. The molecule has 6 heteroatoms. The minimum Gasteiger partial charge on any atom is -0.361 e. The summed E-state index contributed by atoms with van der Waals surface area (Å²) in [5.41, 5.74) is 2.74. The molecule has 32 heavy (non-hydrogen) atoms. The van der Waals surface area contributed by atoms with Crippen LogP contribution in [0.5, 0.6) is 0 Å². The summed E-state index contributed by atoms with van der Waals surface area (Å²) >= 11 is 0. The minimum absolute atomic E-state index is 0.0956. The zero-order valence-electron chi connectivity index (χ0n) is 18.7. The van der Waals surface area contributed by atoms with Gasteiger partial charge in [0.2, 0.25) is 5.91 Å². The number of hydrogen-bond acceptors (Lipinski definition) is 1. The summed E-state index contributed by atoms with van der Waals surface area (Å²) in [6.07, 6.45) is 2.53. The number of H-pyrrole nitrogens is 1. The van der Waals surface area contributed by atoms with Gasteiger partial charge >= 0.3 is 6.18 Å². The number of carbonyl (C=O) groups is 1. The molecule has 172 valence electrons. The van der Waals surface area contributed by atoms with Crippen molar-refractivity contribution in [2.45, 2.75) is 64.5 Å². The van der Waals surface area contributed by atoms with Crippen molar-refractivity contribution < 1.29 is 18.0 Å². The number of alkyl halides is 3. The number of rotatable bonds is 10. The highest BCUT2D eigenvalue weighted by atomic mass is 19.4. The number of fused-ring (bicyclic) bond motifs is 1. The summed E-state index contributed by atoms with van der Waals surface area (Å²) in [5, 5.41) is 3.89.